The van der Waals surface area contributed by atoms with Crippen molar-refractivity contribution in [2.75, 3.05) is 19.6 Å². The lowest BCUT2D eigenvalue weighted by molar-refractivity contribution is 0.104. The molecule has 0 aliphatic carbocycles. The minimum atomic E-state index is 0.134. The van der Waals surface area contributed by atoms with E-state index in [0.29, 0.717) is 12.5 Å². The van der Waals surface area contributed by atoms with Crippen LogP contribution in [0, 0.1) is 5.41 Å². The molecule has 32 heavy (non-hydrogen) atoms. The van der Waals surface area contributed by atoms with E-state index >= 15 is 0 Å². The monoisotopic (exact) mass is 446 g/mol. The summed E-state index contributed by atoms with van der Waals surface area (Å²) < 4.78 is 0. The Balaban J connectivity index is 1.69. The maximum absolute atomic E-state index is 7.94. The fraction of sp³-hybridized carbons (Fsp3) is 0.296. The van der Waals surface area contributed by atoms with E-state index in [2.05, 4.69) is 79.4 Å². The number of halogens is 1. The zero-order valence-corrected chi connectivity index (χ0v) is 19.5. The van der Waals surface area contributed by atoms with Crippen LogP contribution < -0.4 is 5.73 Å². The number of rotatable bonds is 5. The highest BCUT2D eigenvalue weighted by Gasteiger charge is 2.29. The fourth-order valence-electron chi connectivity index (χ4n) is 4.62. The van der Waals surface area contributed by atoms with Crippen molar-refractivity contribution in [3.05, 3.63) is 94.5 Å². The van der Waals surface area contributed by atoms with Crippen LogP contribution in [0.2, 0.25) is 5.02 Å². The van der Waals surface area contributed by atoms with Gasteiger partial charge in [0.25, 0.3) is 0 Å². The van der Waals surface area contributed by atoms with Gasteiger partial charge in [-0.15, -0.1) is 0 Å². The molecule has 1 atom stereocenters. The van der Waals surface area contributed by atoms with Crippen molar-refractivity contribution in [1.29, 1.82) is 5.41 Å². The molecule has 1 aliphatic rings. The highest BCUT2D eigenvalue weighted by atomic mass is 35.5. The van der Waals surface area contributed by atoms with Crippen molar-refractivity contribution in [3.8, 4) is 11.1 Å². The van der Waals surface area contributed by atoms with Crippen molar-refractivity contribution in [3.63, 3.8) is 0 Å². The van der Waals surface area contributed by atoms with Crippen LogP contribution in [-0.4, -0.2) is 35.4 Å². The average molecular weight is 447 g/mol. The number of piperazine rings is 1. The molecule has 1 saturated heterocycles. The molecule has 0 unspecified atom stereocenters. The molecule has 1 fully saturated rings. The maximum Gasteiger partial charge on any atom is 0.188 e. The Bertz CT molecular complexity index is 1080. The Labute approximate surface area is 196 Å². The smallest absolute Gasteiger partial charge is 0.188 e. The van der Waals surface area contributed by atoms with Gasteiger partial charge in [0.05, 0.1) is 6.04 Å². The largest absolute Gasteiger partial charge is 0.370 e. The molecule has 3 aromatic carbocycles. The predicted octanol–water partition coefficient (Wildman–Crippen LogP) is 5.88. The van der Waals surface area contributed by atoms with Gasteiger partial charge in [-0.1, -0.05) is 86.1 Å². The summed E-state index contributed by atoms with van der Waals surface area (Å²) >= 11 is 6.15. The lowest BCUT2D eigenvalue weighted by atomic mass is 9.90. The number of nitrogens with zero attached hydrogens (tertiary/aromatic N) is 2. The number of hydrogen-bond donors (Lipinski definition) is 2. The molecule has 3 aromatic rings. The van der Waals surface area contributed by atoms with Crippen LogP contribution in [0.1, 0.15) is 42.5 Å². The topological polar surface area (TPSA) is 56.4 Å². The lowest BCUT2D eigenvalue weighted by Crippen LogP contribution is -2.51. The molecule has 5 heteroatoms. The lowest BCUT2D eigenvalue weighted by Gasteiger charge is -2.42. The number of hydrogen-bond acceptors (Lipinski definition) is 2. The molecular formula is C27H31ClN4. The van der Waals surface area contributed by atoms with E-state index in [9.17, 15) is 0 Å². The third-order valence-corrected chi connectivity index (χ3v) is 6.60. The van der Waals surface area contributed by atoms with Gasteiger partial charge in [-0.3, -0.25) is 10.3 Å². The second-order valence-corrected chi connectivity index (χ2v) is 9.20. The Morgan fingerprint density at radius 3 is 2.31 bits per heavy atom. The first-order valence-corrected chi connectivity index (χ1v) is 11.6. The van der Waals surface area contributed by atoms with Gasteiger partial charge in [0.2, 0.25) is 0 Å². The minimum Gasteiger partial charge on any atom is -0.370 e. The van der Waals surface area contributed by atoms with Crippen LogP contribution in [0.15, 0.2) is 72.8 Å². The Hall–Kier alpha value is -2.82. The van der Waals surface area contributed by atoms with Gasteiger partial charge in [0.15, 0.2) is 5.96 Å². The second kappa shape index (κ2) is 9.76. The normalized spacial score (nSPS) is 17.0. The predicted molar refractivity (Wildman–Crippen MR) is 134 cm³/mol. The van der Waals surface area contributed by atoms with Crippen LogP contribution in [-0.2, 0) is 6.54 Å². The highest BCUT2D eigenvalue weighted by molar-refractivity contribution is 6.30. The summed E-state index contributed by atoms with van der Waals surface area (Å²) in [7, 11) is 0. The fourth-order valence-corrected chi connectivity index (χ4v) is 4.74. The van der Waals surface area contributed by atoms with Crippen molar-refractivity contribution < 1.29 is 0 Å². The van der Waals surface area contributed by atoms with Gasteiger partial charge in [0, 0.05) is 31.2 Å². The van der Waals surface area contributed by atoms with Gasteiger partial charge in [-0.2, -0.15) is 0 Å². The SMILES string of the molecule is CC(C)c1ccccc1-c1ccccc1CN1CCN(C(=N)N)C[C@H]1c1ccc(Cl)cc1. The third-order valence-electron chi connectivity index (χ3n) is 6.35. The molecule has 0 amide bonds. The van der Waals surface area contributed by atoms with Crippen molar-refractivity contribution in [2.45, 2.75) is 32.4 Å². The number of nitrogens with two attached hydrogens (primary N) is 1. The van der Waals surface area contributed by atoms with E-state index in [1.807, 2.05) is 17.0 Å². The van der Waals surface area contributed by atoms with Crippen LogP contribution >= 0.6 is 11.6 Å². The molecule has 4 rings (SSSR count). The molecular weight excluding hydrogens is 416 g/mol. The first-order chi connectivity index (χ1) is 15.4. The summed E-state index contributed by atoms with van der Waals surface area (Å²) in [5.41, 5.74) is 12.3. The van der Waals surface area contributed by atoms with E-state index in [0.717, 1.165) is 24.7 Å². The zero-order chi connectivity index (χ0) is 22.7. The van der Waals surface area contributed by atoms with Gasteiger partial charge in [0.1, 0.15) is 0 Å². The van der Waals surface area contributed by atoms with Crippen LogP contribution in [0.5, 0.6) is 0 Å². The summed E-state index contributed by atoms with van der Waals surface area (Å²) in [5.74, 6) is 0.593. The summed E-state index contributed by atoms with van der Waals surface area (Å²) in [6.07, 6.45) is 0. The molecule has 0 spiro atoms. The molecule has 1 aliphatic heterocycles. The van der Waals surface area contributed by atoms with E-state index in [1.165, 1.54) is 27.8 Å². The summed E-state index contributed by atoms with van der Waals surface area (Å²) in [4.78, 5) is 4.45. The first-order valence-electron chi connectivity index (χ1n) is 11.2. The molecule has 0 aromatic heterocycles. The van der Waals surface area contributed by atoms with E-state index in [4.69, 9.17) is 22.7 Å². The Kier molecular flexibility index (Phi) is 6.83. The van der Waals surface area contributed by atoms with Crippen molar-refractivity contribution in [2.24, 2.45) is 5.73 Å². The Morgan fingerprint density at radius 2 is 1.62 bits per heavy atom. The van der Waals surface area contributed by atoms with Crippen molar-refractivity contribution >= 4 is 17.6 Å². The average Bonchev–Trinajstić information content (AvgIpc) is 2.80. The number of guanidine groups is 1. The van der Waals surface area contributed by atoms with Gasteiger partial charge >= 0.3 is 0 Å². The van der Waals surface area contributed by atoms with Crippen LogP contribution in [0.25, 0.3) is 11.1 Å². The quantitative estimate of drug-likeness (QED) is 0.380. The zero-order valence-electron chi connectivity index (χ0n) is 18.8. The third kappa shape index (κ3) is 4.82. The van der Waals surface area contributed by atoms with Crippen LogP contribution in [0.3, 0.4) is 0 Å². The molecule has 0 radical (unpaired) electrons. The molecule has 1 heterocycles. The summed E-state index contributed by atoms with van der Waals surface area (Å²) in [6, 6.07) is 25.6. The molecule has 0 saturated carbocycles. The maximum atomic E-state index is 7.94. The number of benzene rings is 3. The van der Waals surface area contributed by atoms with Gasteiger partial charge in [-0.25, -0.2) is 0 Å². The van der Waals surface area contributed by atoms with Crippen molar-refractivity contribution in [1.82, 2.24) is 9.80 Å². The Morgan fingerprint density at radius 1 is 0.969 bits per heavy atom. The molecule has 3 N–H and O–H groups in total. The van der Waals surface area contributed by atoms with E-state index in [1.54, 1.807) is 0 Å². The number of nitrogens with one attached hydrogen (secondary N) is 1. The molecule has 4 nitrogen and oxygen atoms in total. The minimum absolute atomic E-state index is 0.134. The molecule has 0 bridgehead atoms. The van der Waals surface area contributed by atoms with E-state index in [-0.39, 0.29) is 12.0 Å². The summed E-state index contributed by atoms with van der Waals surface area (Å²) in [5, 5.41) is 8.67. The second-order valence-electron chi connectivity index (χ2n) is 8.77. The van der Waals surface area contributed by atoms with E-state index < -0.39 is 0 Å². The van der Waals surface area contributed by atoms with Gasteiger partial charge in [-0.05, 0) is 45.9 Å². The van der Waals surface area contributed by atoms with Gasteiger partial charge < -0.3 is 10.6 Å². The standard InChI is InChI=1S/C27H31ClN4/c1-19(2)23-8-5-6-10-25(23)24-9-4-3-7-21(24)17-31-15-16-32(27(29)30)18-26(31)20-11-13-22(28)14-12-20/h3-14,19,26H,15-18H2,1-2H3,(H3,29,30)/t26-/m0/s1. The first kappa shape index (κ1) is 22.4. The summed E-state index contributed by atoms with van der Waals surface area (Å²) in [6.45, 7) is 7.62. The van der Waals surface area contributed by atoms with Crippen LogP contribution in [0.4, 0.5) is 0 Å². The highest BCUT2D eigenvalue weighted by Crippen LogP contribution is 2.34. The molecule has 166 valence electrons.